The summed E-state index contributed by atoms with van der Waals surface area (Å²) in [7, 11) is 0. The molecule has 0 saturated heterocycles. The second-order valence-electron chi connectivity index (χ2n) is 6.52. The van der Waals surface area contributed by atoms with Crippen LogP contribution in [-0.4, -0.2) is 11.1 Å². The van der Waals surface area contributed by atoms with Crippen molar-refractivity contribution < 1.29 is 14.3 Å². The van der Waals surface area contributed by atoms with E-state index >= 15 is 0 Å². The molecule has 4 heteroatoms. The van der Waals surface area contributed by atoms with Gasteiger partial charge in [-0.1, -0.05) is 36.4 Å². The molecule has 0 spiro atoms. The van der Waals surface area contributed by atoms with E-state index < -0.39 is 5.97 Å². The van der Waals surface area contributed by atoms with Crippen LogP contribution in [-0.2, 0) is 0 Å². The van der Waals surface area contributed by atoms with E-state index in [-0.39, 0.29) is 23.7 Å². The molecule has 2 N–H and O–H groups in total. The van der Waals surface area contributed by atoms with Crippen molar-refractivity contribution in [1.29, 1.82) is 0 Å². The van der Waals surface area contributed by atoms with Crippen LogP contribution < -0.4 is 5.32 Å². The molecule has 0 bridgehead atoms. The minimum absolute atomic E-state index is 0.00291. The van der Waals surface area contributed by atoms with Gasteiger partial charge in [-0.05, 0) is 42.5 Å². The lowest BCUT2D eigenvalue weighted by atomic mass is 9.74. The minimum Gasteiger partial charge on any atom is -0.478 e. The number of hydrogen-bond donors (Lipinski definition) is 2. The highest BCUT2D eigenvalue weighted by Crippen LogP contribution is 2.51. The van der Waals surface area contributed by atoms with Gasteiger partial charge in [0.05, 0.1) is 11.6 Å². The molecule has 2 aromatic rings. The molecule has 2 aliphatic rings. The van der Waals surface area contributed by atoms with E-state index in [0.717, 1.165) is 23.2 Å². The fraction of sp³-hybridized carbons (Fsp3) is 0.250. The van der Waals surface area contributed by atoms with Crippen LogP contribution in [0.3, 0.4) is 0 Å². The minimum atomic E-state index is -0.920. The number of benzene rings is 2. The van der Waals surface area contributed by atoms with Crippen molar-refractivity contribution in [3.05, 3.63) is 76.6 Å². The zero-order valence-corrected chi connectivity index (χ0v) is 13.3. The Balaban J connectivity index is 1.90. The molecule has 3 nitrogen and oxygen atoms in total. The Kier molecular flexibility index (Phi) is 3.41. The van der Waals surface area contributed by atoms with E-state index in [1.54, 1.807) is 12.1 Å². The summed E-state index contributed by atoms with van der Waals surface area (Å²) in [6.45, 7) is 1.95. The molecular weight excluding hydrogens is 305 g/mol. The number of hydrogen-bond acceptors (Lipinski definition) is 2. The third-order valence-corrected chi connectivity index (χ3v) is 5.20. The molecule has 1 heterocycles. The lowest BCUT2D eigenvalue weighted by Gasteiger charge is -2.39. The highest BCUT2D eigenvalue weighted by molar-refractivity contribution is 5.93. The number of aromatic carboxylic acids is 1. The first-order chi connectivity index (χ1) is 11.6. The molecule has 0 radical (unpaired) electrons. The SMILES string of the molecule is Cc1ccc(C(=O)O)c2c1N[C@H](c1ccccc1F)[C@@H]1CC=C[C@@H]21. The van der Waals surface area contributed by atoms with Crippen LogP contribution in [0.25, 0.3) is 0 Å². The van der Waals surface area contributed by atoms with Crippen molar-refractivity contribution in [2.75, 3.05) is 5.32 Å². The second kappa shape index (κ2) is 5.48. The predicted molar refractivity (Wildman–Crippen MR) is 90.9 cm³/mol. The summed E-state index contributed by atoms with van der Waals surface area (Å²) in [5.41, 5.74) is 3.61. The third-order valence-electron chi connectivity index (χ3n) is 5.20. The molecule has 3 atom stereocenters. The first kappa shape index (κ1) is 14.9. The van der Waals surface area contributed by atoms with E-state index in [2.05, 4.69) is 17.5 Å². The fourth-order valence-electron chi connectivity index (χ4n) is 4.08. The molecule has 0 saturated carbocycles. The molecule has 2 aromatic carbocycles. The molecule has 0 amide bonds. The molecule has 0 aromatic heterocycles. The number of aryl methyl sites for hydroxylation is 1. The molecule has 0 unspecified atom stereocenters. The van der Waals surface area contributed by atoms with Crippen molar-refractivity contribution in [2.45, 2.75) is 25.3 Å². The standard InChI is InChI=1S/C20H18FNO2/c1-11-9-10-15(20(23)24)17-12-6-4-7-13(12)19(22-18(11)17)14-5-2-3-8-16(14)21/h2-6,8-10,12-13,19,22H,7H2,1H3,(H,23,24)/t12-,13-,19+/m1/s1. The molecule has 1 aliphatic heterocycles. The quantitative estimate of drug-likeness (QED) is 0.790. The number of halogens is 1. The Morgan fingerprint density at radius 3 is 2.79 bits per heavy atom. The summed E-state index contributed by atoms with van der Waals surface area (Å²) in [6, 6.07) is 10.1. The first-order valence-corrected chi connectivity index (χ1v) is 8.12. The van der Waals surface area contributed by atoms with Gasteiger partial charge in [0.15, 0.2) is 0 Å². The van der Waals surface area contributed by atoms with Gasteiger partial charge in [0.1, 0.15) is 5.82 Å². The third kappa shape index (κ3) is 2.13. The number of nitrogens with one attached hydrogen (secondary N) is 1. The summed E-state index contributed by atoms with van der Waals surface area (Å²) in [5.74, 6) is -1.03. The monoisotopic (exact) mass is 323 g/mol. The maximum atomic E-state index is 14.4. The first-order valence-electron chi connectivity index (χ1n) is 8.12. The number of carboxylic acid groups (broad SMARTS) is 1. The lowest BCUT2D eigenvalue weighted by Crippen LogP contribution is -2.31. The normalized spacial score (nSPS) is 24.2. The summed E-state index contributed by atoms with van der Waals surface area (Å²) in [4.78, 5) is 11.7. The van der Waals surface area contributed by atoms with Gasteiger partial charge in [-0.15, -0.1) is 0 Å². The summed E-state index contributed by atoms with van der Waals surface area (Å²) in [6.07, 6.45) is 4.96. The Morgan fingerprint density at radius 2 is 2.04 bits per heavy atom. The van der Waals surface area contributed by atoms with Crippen LogP contribution in [0.1, 0.15) is 45.4 Å². The topological polar surface area (TPSA) is 49.3 Å². The van der Waals surface area contributed by atoms with Crippen molar-refractivity contribution in [3.8, 4) is 0 Å². The van der Waals surface area contributed by atoms with E-state index in [1.807, 2.05) is 25.1 Å². The van der Waals surface area contributed by atoms with Gasteiger partial charge in [-0.3, -0.25) is 0 Å². The van der Waals surface area contributed by atoms with Crippen molar-refractivity contribution >= 4 is 11.7 Å². The lowest BCUT2D eigenvalue weighted by molar-refractivity contribution is 0.0695. The number of carbonyl (C=O) groups is 1. The van der Waals surface area contributed by atoms with Crippen LogP contribution in [0, 0.1) is 18.7 Å². The summed E-state index contributed by atoms with van der Waals surface area (Å²) < 4.78 is 14.4. The summed E-state index contributed by atoms with van der Waals surface area (Å²) >= 11 is 0. The Morgan fingerprint density at radius 1 is 1.25 bits per heavy atom. The average molecular weight is 323 g/mol. The second-order valence-corrected chi connectivity index (χ2v) is 6.52. The van der Waals surface area contributed by atoms with Crippen LogP contribution in [0.5, 0.6) is 0 Å². The Bertz CT molecular complexity index is 859. The van der Waals surface area contributed by atoms with E-state index in [0.29, 0.717) is 11.1 Å². The predicted octanol–water partition coefficient (Wildman–Crippen LogP) is 4.66. The Hall–Kier alpha value is -2.62. The van der Waals surface area contributed by atoms with Gasteiger partial charge < -0.3 is 10.4 Å². The largest absolute Gasteiger partial charge is 0.478 e. The number of anilines is 1. The maximum absolute atomic E-state index is 14.4. The molecular formula is C20H18FNO2. The van der Waals surface area contributed by atoms with Crippen LogP contribution in [0.4, 0.5) is 10.1 Å². The van der Waals surface area contributed by atoms with Gasteiger partial charge in [-0.25, -0.2) is 9.18 Å². The number of carboxylic acids is 1. The van der Waals surface area contributed by atoms with Gasteiger partial charge in [0.25, 0.3) is 0 Å². The van der Waals surface area contributed by atoms with Crippen LogP contribution >= 0.6 is 0 Å². The van der Waals surface area contributed by atoms with Gasteiger partial charge in [0, 0.05) is 17.2 Å². The smallest absolute Gasteiger partial charge is 0.336 e. The zero-order valence-electron chi connectivity index (χ0n) is 13.3. The van der Waals surface area contributed by atoms with Gasteiger partial charge >= 0.3 is 5.97 Å². The highest BCUT2D eigenvalue weighted by Gasteiger charge is 2.41. The molecule has 24 heavy (non-hydrogen) atoms. The van der Waals surface area contributed by atoms with Crippen molar-refractivity contribution in [2.24, 2.45) is 5.92 Å². The molecule has 122 valence electrons. The maximum Gasteiger partial charge on any atom is 0.336 e. The molecule has 4 rings (SSSR count). The van der Waals surface area contributed by atoms with E-state index in [9.17, 15) is 14.3 Å². The van der Waals surface area contributed by atoms with Crippen LogP contribution in [0.15, 0.2) is 48.6 Å². The van der Waals surface area contributed by atoms with E-state index in [4.69, 9.17) is 0 Å². The van der Waals surface area contributed by atoms with Gasteiger partial charge in [-0.2, -0.15) is 0 Å². The summed E-state index contributed by atoms with van der Waals surface area (Å²) in [5, 5.41) is 13.0. The van der Waals surface area contributed by atoms with Crippen LogP contribution in [0.2, 0.25) is 0 Å². The fourth-order valence-corrected chi connectivity index (χ4v) is 4.08. The number of allylic oxidation sites excluding steroid dienone is 2. The Labute approximate surface area is 139 Å². The van der Waals surface area contributed by atoms with E-state index in [1.165, 1.54) is 6.07 Å². The number of fused-ring (bicyclic) bond motifs is 3. The van der Waals surface area contributed by atoms with Gasteiger partial charge in [0.2, 0.25) is 0 Å². The van der Waals surface area contributed by atoms with Crippen molar-refractivity contribution in [1.82, 2.24) is 0 Å². The number of rotatable bonds is 2. The molecule has 0 fully saturated rings. The highest BCUT2D eigenvalue weighted by atomic mass is 19.1. The molecule has 1 aliphatic carbocycles. The zero-order chi connectivity index (χ0) is 16.8. The average Bonchev–Trinajstić information content (AvgIpc) is 3.05. The van der Waals surface area contributed by atoms with Crippen molar-refractivity contribution in [3.63, 3.8) is 0 Å².